The second kappa shape index (κ2) is 18.7. The lowest BCUT2D eigenvalue weighted by Crippen LogP contribution is -2.57. The van der Waals surface area contributed by atoms with Gasteiger partial charge in [-0.1, -0.05) is 13.8 Å². The molecule has 0 radical (unpaired) electrons. The molecular weight excluding hydrogens is 488 g/mol. The highest BCUT2D eigenvalue weighted by Crippen LogP contribution is 2.08. The Morgan fingerprint density at radius 2 is 1.44 bits per heavy atom. The lowest BCUT2D eigenvalue weighted by Gasteiger charge is -2.26. The van der Waals surface area contributed by atoms with Crippen molar-refractivity contribution in [3.63, 3.8) is 0 Å². The Bertz CT molecular complexity index is 733. The molecule has 0 fully saturated rings. The van der Waals surface area contributed by atoms with Crippen LogP contribution in [0.15, 0.2) is 4.99 Å². The van der Waals surface area contributed by atoms with Crippen molar-refractivity contribution in [1.29, 1.82) is 0 Å². The lowest BCUT2D eigenvalue weighted by atomic mass is 10.0. The van der Waals surface area contributed by atoms with Crippen LogP contribution in [-0.2, 0) is 19.2 Å². The largest absolute Gasteiger partial charge is 0.480 e. The van der Waals surface area contributed by atoms with Crippen molar-refractivity contribution in [2.45, 2.75) is 76.5 Å². The first-order valence-corrected chi connectivity index (χ1v) is 13.5. The van der Waals surface area contributed by atoms with E-state index in [0.717, 1.165) is 0 Å². The highest BCUT2D eigenvalue weighted by Gasteiger charge is 2.31. The van der Waals surface area contributed by atoms with E-state index in [-0.39, 0.29) is 31.3 Å². The minimum Gasteiger partial charge on any atom is -0.480 e. The molecule has 0 unspecified atom stereocenters. The summed E-state index contributed by atoms with van der Waals surface area (Å²) < 4.78 is 0. The summed E-state index contributed by atoms with van der Waals surface area (Å²) in [5.74, 6) is -2.64. The summed E-state index contributed by atoms with van der Waals surface area (Å²) in [5.41, 5.74) is 22.2. The number of aliphatic carboxylic acids is 1. The maximum Gasteiger partial charge on any atom is 0.326 e. The average molecular weight is 533 g/mol. The number of hydrogen-bond acceptors (Lipinski definition) is 8. The van der Waals surface area contributed by atoms with Gasteiger partial charge < -0.3 is 44.0 Å². The molecule has 13 nitrogen and oxygen atoms in total. The zero-order valence-corrected chi connectivity index (χ0v) is 22.3. The van der Waals surface area contributed by atoms with E-state index in [9.17, 15) is 24.3 Å². The van der Waals surface area contributed by atoms with Gasteiger partial charge in [-0.25, -0.2) is 4.79 Å². The molecule has 36 heavy (non-hydrogen) atoms. The molecule has 208 valence electrons. The number of carboxylic acid groups (broad SMARTS) is 1. The number of carbonyl (C=O) groups excluding carboxylic acids is 3. The van der Waals surface area contributed by atoms with Crippen molar-refractivity contribution in [2.24, 2.45) is 33.8 Å². The average Bonchev–Trinajstić information content (AvgIpc) is 2.81. The number of aliphatic imine (C=N–C) groups is 1. The van der Waals surface area contributed by atoms with Gasteiger partial charge in [-0.2, -0.15) is 11.8 Å². The van der Waals surface area contributed by atoms with Gasteiger partial charge in [-0.15, -0.1) is 0 Å². The van der Waals surface area contributed by atoms with Crippen molar-refractivity contribution < 1.29 is 24.3 Å². The molecule has 0 rings (SSSR count). The van der Waals surface area contributed by atoms with Gasteiger partial charge in [-0.3, -0.25) is 19.4 Å². The van der Waals surface area contributed by atoms with E-state index in [4.69, 9.17) is 22.9 Å². The third kappa shape index (κ3) is 14.1. The normalized spacial score (nSPS) is 14.3. The number of nitrogens with zero attached hydrogens (tertiary/aromatic N) is 1. The number of guanidine groups is 1. The fourth-order valence-electron chi connectivity index (χ4n) is 3.23. The van der Waals surface area contributed by atoms with Crippen molar-refractivity contribution in [3.8, 4) is 0 Å². The molecule has 0 aliphatic rings. The number of hydrogen-bond donors (Lipinski definition) is 8. The first kappa shape index (κ1) is 33.4. The van der Waals surface area contributed by atoms with Crippen LogP contribution in [0.3, 0.4) is 0 Å². The first-order chi connectivity index (χ1) is 16.9. The molecule has 0 saturated heterocycles. The van der Waals surface area contributed by atoms with E-state index in [2.05, 4.69) is 20.9 Å². The molecule has 12 N–H and O–H groups in total. The molecular formula is C22H44N8O5S. The van der Waals surface area contributed by atoms with E-state index >= 15 is 0 Å². The molecule has 0 aromatic heterocycles. The highest BCUT2D eigenvalue weighted by molar-refractivity contribution is 7.98. The van der Waals surface area contributed by atoms with E-state index in [1.54, 1.807) is 25.6 Å². The van der Waals surface area contributed by atoms with Crippen LogP contribution in [0.2, 0.25) is 0 Å². The van der Waals surface area contributed by atoms with Crippen LogP contribution < -0.4 is 38.9 Å². The Labute approximate surface area is 217 Å². The van der Waals surface area contributed by atoms with Crippen molar-refractivity contribution in [1.82, 2.24) is 16.0 Å². The SMILES string of the molecule is CSCC[C@H](N)C(=O)N[C@@H](CCCN=C(N)N)C(=O)N[C@@H](CCCCN)C(=O)N[C@H](C(=O)O)C(C)C. The fraction of sp³-hybridized carbons (Fsp3) is 0.773. The van der Waals surface area contributed by atoms with Crippen LogP contribution in [0.5, 0.6) is 0 Å². The van der Waals surface area contributed by atoms with Crippen LogP contribution in [0.4, 0.5) is 0 Å². The van der Waals surface area contributed by atoms with Crippen LogP contribution in [0, 0.1) is 5.92 Å². The maximum absolute atomic E-state index is 13.2. The minimum absolute atomic E-state index is 0.0890. The molecule has 0 aromatic carbocycles. The second-order valence-electron chi connectivity index (χ2n) is 8.81. The van der Waals surface area contributed by atoms with E-state index in [0.29, 0.717) is 38.0 Å². The summed E-state index contributed by atoms with van der Waals surface area (Å²) in [6, 6.07) is -3.91. The smallest absolute Gasteiger partial charge is 0.326 e. The summed E-state index contributed by atoms with van der Waals surface area (Å²) in [6.07, 6.45) is 4.32. The summed E-state index contributed by atoms with van der Waals surface area (Å²) in [4.78, 5) is 54.1. The van der Waals surface area contributed by atoms with Gasteiger partial charge in [0.05, 0.1) is 6.04 Å². The summed E-state index contributed by atoms with van der Waals surface area (Å²) in [6.45, 7) is 3.99. The van der Waals surface area contributed by atoms with Gasteiger partial charge in [0.2, 0.25) is 17.7 Å². The van der Waals surface area contributed by atoms with Crippen molar-refractivity contribution in [2.75, 3.05) is 25.1 Å². The Balaban J connectivity index is 5.58. The predicted molar refractivity (Wildman–Crippen MR) is 142 cm³/mol. The van der Waals surface area contributed by atoms with Crippen LogP contribution in [-0.4, -0.2) is 84.0 Å². The number of carbonyl (C=O) groups is 4. The summed E-state index contributed by atoms with van der Waals surface area (Å²) in [5, 5.41) is 17.2. The molecule has 0 aliphatic carbocycles. The highest BCUT2D eigenvalue weighted by atomic mass is 32.2. The third-order valence-electron chi connectivity index (χ3n) is 5.36. The number of nitrogens with one attached hydrogen (secondary N) is 3. The maximum atomic E-state index is 13.2. The second-order valence-corrected chi connectivity index (χ2v) is 9.80. The lowest BCUT2D eigenvalue weighted by molar-refractivity contribution is -0.143. The van der Waals surface area contributed by atoms with Gasteiger partial charge in [-0.05, 0) is 63.0 Å². The number of unbranched alkanes of at least 4 members (excludes halogenated alkanes) is 1. The zero-order chi connectivity index (χ0) is 27.7. The fourth-order valence-corrected chi connectivity index (χ4v) is 3.72. The van der Waals surface area contributed by atoms with Crippen LogP contribution in [0.25, 0.3) is 0 Å². The molecule has 0 saturated carbocycles. The van der Waals surface area contributed by atoms with E-state index in [1.165, 1.54) is 0 Å². The molecule has 3 amide bonds. The molecule has 0 aromatic rings. The summed E-state index contributed by atoms with van der Waals surface area (Å²) >= 11 is 1.55. The monoisotopic (exact) mass is 532 g/mol. The quantitative estimate of drug-likeness (QED) is 0.0540. The van der Waals surface area contributed by atoms with Gasteiger partial charge >= 0.3 is 5.97 Å². The van der Waals surface area contributed by atoms with Crippen LogP contribution in [0.1, 0.15) is 52.4 Å². The molecule has 14 heteroatoms. The third-order valence-corrected chi connectivity index (χ3v) is 6.00. The van der Waals surface area contributed by atoms with Crippen molar-refractivity contribution >= 4 is 41.4 Å². The molecule has 0 aliphatic heterocycles. The number of carboxylic acids is 1. The first-order valence-electron chi connectivity index (χ1n) is 12.1. The number of rotatable bonds is 19. The van der Waals surface area contributed by atoms with Gasteiger partial charge in [0, 0.05) is 6.54 Å². The van der Waals surface area contributed by atoms with E-state index < -0.39 is 47.9 Å². The Hall–Kier alpha value is -2.58. The van der Waals surface area contributed by atoms with Crippen molar-refractivity contribution in [3.05, 3.63) is 0 Å². The van der Waals surface area contributed by atoms with Gasteiger partial charge in [0.25, 0.3) is 0 Å². The Morgan fingerprint density at radius 1 is 0.889 bits per heavy atom. The van der Waals surface area contributed by atoms with Gasteiger partial charge in [0.15, 0.2) is 5.96 Å². The number of amides is 3. The Kier molecular flexibility index (Phi) is 17.3. The summed E-state index contributed by atoms with van der Waals surface area (Å²) in [7, 11) is 0. The minimum atomic E-state index is -1.17. The van der Waals surface area contributed by atoms with Crippen LogP contribution >= 0.6 is 11.8 Å². The molecule has 0 spiro atoms. The molecule has 0 bridgehead atoms. The Morgan fingerprint density at radius 3 is 1.94 bits per heavy atom. The topological polar surface area (TPSA) is 241 Å². The standard InChI is InChI=1S/C22H44N8O5S/c1-13(2)17(21(34)35)30-20(33)15(7-4-5-10-23)29-19(32)16(8-6-11-27-22(25)26)28-18(31)14(24)9-12-36-3/h13-17H,4-12,23-24H2,1-3H3,(H,28,31)(H,29,32)(H,30,33)(H,34,35)(H4,25,26,27)/t14-,15-,16-,17-/m0/s1. The van der Waals surface area contributed by atoms with Gasteiger partial charge in [0.1, 0.15) is 18.1 Å². The predicted octanol–water partition coefficient (Wildman–Crippen LogP) is -1.56. The zero-order valence-electron chi connectivity index (χ0n) is 21.5. The van der Waals surface area contributed by atoms with E-state index in [1.807, 2.05) is 6.26 Å². The molecule has 4 atom stereocenters. The molecule has 0 heterocycles. The number of nitrogens with two attached hydrogens (primary N) is 4. The number of thioether (sulfide) groups is 1.